The topological polar surface area (TPSA) is 23.5 Å². The van der Waals surface area contributed by atoms with Crippen LogP contribution < -0.4 is 5.06 Å². The van der Waals surface area contributed by atoms with Gasteiger partial charge in [-0.2, -0.15) is 0 Å². The molecule has 0 amide bonds. The number of hydrogen-bond donors (Lipinski definition) is 1. The highest BCUT2D eigenvalue weighted by molar-refractivity contribution is 5.95. The molecule has 1 N–H and O–H groups in total. The molecule has 0 fully saturated rings. The molecule has 76 valence electrons. The van der Waals surface area contributed by atoms with E-state index in [0.717, 1.165) is 30.5 Å². The Kier molecular flexibility index (Phi) is 1.89. The van der Waals surface area contributed by atoms with E-state index in [0.29, 0.717) is 0 Å². The second-order valence-corrected chi connectivity index (χ2v) is 4.02. The SMILES string of the molecule is ON1CCCc2ccc3ccccc3c21. The molecular formula is C13H13NO. The molecule has 0 radical (unpaired) electrons. The zero-order valence-corrected chi connectivity index (χ0v) is 8.48. The third-order valence-corrected chi connectivity index (χ3v) is 3.06. The number of benzene rings is 2. The summed E-state index contributed by atoms with van der Waals surface area (Å²) in [5.74, 6) is 0. The van der Waals surface area contributed by atoms with Crippen molar-refractivity contribution in [1.29, 1.82) is 0 Å². The lowest BCUT2D eigenvalue weighted by Crippen LogP contribution is -2.25. The highest BCUT2D eigenvalue weighted by Gasteiger charge is 2.17. The van der Waals surface area contributed by atoms with Crippen LogP contribution in [0, 0.1) is 0 Å². The summed E-state index contributed by atoms with van der Waals surface area (Å²) in [5, 5.41) is 13.6. The molecule has 2 aromatic rings. The largest absolute Gasteiger partial charge is 0.288 e. The van der Waals surface area contributed by atoms with Gasteiger partial charge in [0.1, 0.15) is 0 Å². The summed E-state index contributed by atoms with van der Waals surface area (Å²) in [4.78, 5) is 0. The Morgan fingerprint density at radius 3 is 2.87 bits per heavy atom. The Bertz CT molecular complexity index is 507. The fraction of sp³-hybridized carbons (Fsp3) is 0.231. The van der Waals surface area contributed by atoms with Crippen molar-refractivity contribution < 1.29 is 5.21 Å². The molecule has 0 bridgehead atoms. The van der Waals surface area contributed by atoms with E-state index in [1.54, 1.807) is 0 Å². The van der Waals surface area contributed by atoms with E-state index in [4.69, 9.17) is 0 Å². The number of hydrogen-bond acceptors (Lipinski definition) is 2. The fourth-order valence-electron chi connectivity index (χ4n) is 2.34. The lowest BCUT2D eigenvalue weighted by molar-refractivity contribution is 0.247. The third kappa shape index (κ3) is 1.29. The smallest absolute Gasteiger partial charge is 0.0744 e. The molecule has 2 aromatic carbocycles. The van der Waals surface area contributed by atoms with Gasteiger partial charge in [-0.15, -0.1) is 0 Å². The number of anilines is 1. The van der Waals surface area contributed by atoms with E-state index in [1.165, 1.54) is 16.0 Å². The highest BCUT2D eigenvalue weighted by atomic mass is 16.5. The summed E-state index contributed by atoms with van der Waals surface area (Å²) in [6.45, 7) is 0.737. The molecule has 0 spiro atoms. The van der Waals surface area contributed by atoms with Crippen molar-refractivity contribution in [3.05, 3.63) is 42.0 Å². The predicted molar refractivity (Wildman–Crippen MR) is 61.4 cm³/mol. The Morgan fingerprint density at radius 2 is 1.93 bits per heavy atom. The number of rotatable bonds is 0. The van der Waals surface area contributed by atoms with Crippen molar-refractivity contribution >= 4 is 16.5 Å². The minimum atomic E-state index is 0.737. The first-order chi connectivity index (χ1) is 7.36. The third-order valence-electron chi connectivity index (χ3n) is 3.06. The van der Waals surface area contributed by atoms with E-state index in [-0.39, 0.29) is 0 Å². The highest BCUT2D eigenvalue weighted by Crippen LogP contribution is 2.33. The fourth-order valence-corrected chi connectivity index (χ4v) is 2.34. The van der Waals surface area contributed by atoms with Crippen LogP contribution in [0.25, 0.3) is 10.8 Å². The average molecular weight is 199 g/mol. The predicted octanol–water partition coefficient (Wildman–Crippen LogP) is 2.98. The van der Waals surface area contributed by atoms with Gasteiger partial charge in [0, 0.05) is 11.9 Å². The average Bonchev–Trinajstić information content (AvgIpc) is 2.29. The van der Waals surface area contributed by atoms with Crippen molar-refractivity contribution in [2.24, 2.45) is 0 Å². The van der Waals surface area contributed by atoms with E-state index in [2.05, 4.69) is 24.3 Å². The maximum atomic E-state index is 9.89. The molecule has 3 rings (SSSR count). The van der Waals surface area contributed by atoms with Crippen LogP contribution >= 0.6 is 0 Å². The summed E-state index contributed by atoms with van der Waals surface area (Å²) in [5.41, 5.74) is 2.25. The number of fused-ring (bicyclic) bond motifs is 3. The maximum absolute atomic E-state index is 9.89. The minimum Gasteiger partial charge on any atom is -0.288 e. The number of hydroxylamine groups is 1. The van der Waals surface area contributed by atoms with Gasteiger partial charge in [0.15, 0.2) is 0 Å². The molecule has 1 heterocycles. The van der Waals surface area contributed by atoms with Crippen LogP contribution in [-0.4, -0.2) is 11.8 Å². The van der Waals surface area contributed by atoms with E-state index >= 15 is 0 Å². The van der Waals surface area contributed by atoms with Crippen molar-refractivity contribution in [2.75, 3.05) is 11.6 Å². The molecular weight excluding hydrogens is 186 g/mol. The molecule has 0 aromatic heterocycles. The monoisotopic (exact) mass is 199 g/mol. The van der Waals surface area contributed by atoms with Gasteiger partial charge in [-0.25, -0.2) is 0 Å². The summed E-state index contributed by atoms with van der Waals surface area (Å²) >= 11 is 0. The Balaban J connectivity index is 2.35. The van der Waals surface area contributed by atoms with Crippen molar-refractivity contribution in [1.82, 2.24) is 0 Å². The second-order valence-electron chi connectivity index (χ2n) is 4.02. The minimum absolute atomic E-state index is 0.737. The molecule has 2 nitrogen and oxygen atoms in total. The second kappa shape index (κ2) is 3.24. The van der Waals surface area contributed by atoms with Gasteiger partial charge in [0.05, 0.1) is 5.69 Å². The van der Waals surface area contributed by atoms with Crippen LogP contribution in [0.4, 0.5) is 5.69 Å². The van der Waals surface area contributed by atoms with E-state index in [9.17, 15) is 5.21 Å². The van der Waals surface area contributed by atoms with Crippen LogP contribution in [-0.2, 0) is 6.42 Å². The van der Waals surface area contributed by atoms with E-state index in [1.807, 2.05) is 12.1 Å². The molecule has 0 aliphatic carbocycles. The van der Waals surface area contributed by atoms with Gasteiger partial charge in [-0.05, 0) is 23.8 Å². The van der Waals surface area contributed by atoms with Crippen molar-refractivity contribution in [2.45, 2.75) is 12.8 Å². The van der Waals surface area contributed by atoms with Crippen LogP contribution in [0.5, 0.6) is 0 Å². The molecule has 0 atom stereocenters. The van der Waals surface area contributed by atoms with Crippen LogP contribution in [0.2, 0.25) is 0 Å². The summed E-state index contributed by atoms with van der Waals surface area (Å²) < 4.78 is 0. The van der Waals surface area contributed by atoms with Gasteiger partial charge in [-0.1, -0.05) is 36.4 Å². The molecule has 0 unspecified atom stereocenters. The van der Waals surface area contributed by atoms with Gasteiger partial charge in [-0.3, -0.25) is 10.3 Å². The normalized spacial score (nSPS) is 15.4. The lowest BCUT2D eigenvalue weighted by Gasteiger charge is -2.26. The van der Waals surface area contributed by atoms with Crippen LogP contribution in [0.15, 0.2) is 36.4 Å². The Hall–Kier alpha value is -1.54. The van der Waals surface area contributed by atoms with Gasteiger partial charge < -0.3 is 0 Å². The first-order valence-electron chi connectivity index (χ1n) is 5.33. The first-order valence-corrected chi connectivity index (χ1v) is 5.33. The van der Waals surface area contributed by atoms with Crippen LogP contribution in [0.3, 0.4) is 0 Å². The zero-order valence-electron chi connectivity index (χ0n) is 8.48. The first kappa shape index (κ1) is 8.74. The standard InChI is InChI=1S/C13H13NO/c15-14-9-3-5-11-8-7-10-4-1-2-6-12(10)13(11)14/h1-2,4,6-8,15H,3,5,9H2. The lowest BCUT2D eigenvalue weighted by atomic mass is 9.98. The summed E-state index contributed by atoms with van der Waals surface area (Å²) in [7, 11) is 0. The summed E-state index contributed by atoms with van der Waals surface area (Å²) in [6, 6.07) is 12.5. The van der Waals surface area contributed by atoms with Crippen molar-refractivity contribution in [3.63, 3.8) is 0 Å². The maximum Gasteiger partial charge on any atom is 0.0744 e. The Labute approximate surface area is 88.7 Å². The zero-order chi connectivity index (χ0) is 10.3. The van der Waals surface area contributed by atoms with Crippen molar-refractivity contribution in [3.8, 4) is 0 Å². The molecule has 15 heavy (non-hydrogen) atoms. The van der Waals surface area contributed by atoms with Crippen LogP contribution in [0.1, 0.15) is 12.0 Å². The van der Waals surface area contributed by atoms with Gasteiger partial charge >= 0.3 is 0 Å². The summed E-state index contributed by atoms with van der Waals surface area (Å²) in [6.07, 6.45) is 2.10. The van der Waals surface area contributed by atoms with E-state index < -0.39 is 0 Å². The number of aryl methyl sites for hydroxylation is 1. The molecule has 2 heteroatoms. The van der Waals surface area contributed by atoms with Gasteiger partial charge in [0.2, 0.25) is 0 Å². The molecule has 1 aliphatic rings. The number of nitrogens with zero attached hydrogens (tertiary/aromatic N) is 1. The molecule has 0 saturated carbocycles. The quantitative estimate of drug-likeness (QED) is 0.705. The molecule has 1 aliphatic heterocycles. The van der Waals surface area contributed by atoms with Gasteiger partial charge in [0.25, 0.3) is 0 Å². The molecule has 0 saturated heterocycles. The Morgan fingerprint density at radius 1 is 1.07 bits per heavy atom.